The van der Waals surface area contributed by atoms with E-state index >= 15 is 0 Å². The highest BCUT2D eigenvalue weighted by molar-refractivity contribution is 9.09. The lowest BCUT2D eigenvalue weighted by molar-refractivity contribution is 0.411. The summed E-state index contributed by atoms with van der Waals surface area (Å²) in [6.45, 7) is 3.47. The Hall–Kier alpha value is -1.42. The van der Waals surface area contributed by atoms with Crippen molar-refractivity contribution in [3.63, 3.8) is 0 Å². The molecule has 0 spiro atoms. The third kappa shape index (κ3) is 2.85. The van der Waals surface area contributed by atoms with Crippen molar-refractivity contribution in [3.8, 4) is 5.75 Å². The summed E-state index contributed by atoms with van der Waals surface area (Å²) in [6.07, 6.45) is 0. The molecule has 4 heteroatoms. The van der Waals surface area contributed by atoms with E-state index in [0.717, 1.165) is 16.9 Å². The van der Waals surface area contributed by atoms with Crippen molar-refractivity contribution < 1.29 is 13.5 Å². The topological polar surface area (TPSA) is 9.23 Å². The highest BCUT2D eigenvalue weighted by Gasteiger charge is 2.18. The summed E-state index contributed by atoms with van der Waals surface area (Å²) >= 11 is 3.43. The molecule has 106 valence electrons. The Morgan fingerprint density at radius 2 is 1.70 bits per heavy atom. The van der Waals surface area contributed by atoms with Gasteiger partial charge in [0.2, 0.25) is 0 Å². The van der Waals surface area contributed by atoms with Gasteiger partial charge in [0.25, 0.3) is 0 Å². The molecule has 0 aliphatic carbocycles. The third-order valence-electron chi connectivity index (χ3n) is 3.28. The molecule has 0 saturated heterocycles. The summed E-state index contributed by atoms with van der Waals surface area (Å²) in [6, 6.07) is 8.03. The Morgan fingerprint density at radius 1 is 1.00 bits per heavy atom. The van der Waals surface area contributed by atoms with Gasteiger partial charge in [-0.05, 0) is 48.7 Å². The molecule has 1 nitrogen and oxygen atoms in total. The van der Waals surface area contributed by atoms with Gasteiger partial charge in [0.15, 0.2) is 0 Å². The molecule has 0 fully saturated rings. The summed E-state index contributed by atoms with van der Waals surface area (Å²) in [7, 11) is 1.58. The molecule has 0 heterocycles. The molecule has 0 bridgehead atoms. The first-order valence-electron chi connectivity index (χ1n) is 6.18. The lowest BCUT2D eigenvalue weighted by Crippen LogP contribution is -2.00. The minimum atomic E-state index is -0.426. The standard InChI is InChI=1S/C16H15BrF2O/c1-9-4-5-11(7-15(9)20-3)16(17)12-8-13(18)10(2)6-14(12)19/h4-8,16H,1-3H3. The van der Waals surface area contributed by atoms with Crippen molar-refractivity contribution in [2.75, 3.05) is 7.11 Å². The Labute approximate surface area is 125 Å². The first-order valence-corrected chi connectivity index (χ1v) is 7.09. The molecule has 0 radical (unpaired) electrons. The van der Waals surface area contributed by atoms with E-state index in [4.69, 9.17) is 4.74 Å². The van der Waals surface area contributed by atoms with Gasteiger partial charge in [0.05, 0.1) is 11.9 Å². The van der Waals surface area contributed by atoms with E-state index in [9.17, 15) is 8.78 Å². The van der Waals surface area contributed by atoms with Crippen LogP contribution in [0.2, 0.25) is 0 Å². The Balaban J connectivity index is 2.46. The maximum atomic E-state index is 14.0. The van der Waals surface area contributed by atoms with E-state index in [1.54, 1.807) is 14.0 Å². The number of rotatable bonds is 3. The van der Waals surface area contributed by atoms with E-state index in [0.29, 0.717) is 5.56 Å². The van der Waals surface area contributed by atoms with Gasteiger partial charge < -0.3 is 4.74 Å². The summed E-state index contributed by atoms with van der Waals surface area (Å²) in [4.78, 5) is -0.424. The van der Waals surface area contributed by atoms with Crippen molar-refractivity contribution in [1.29, 1.82) is 0 Å². The highest BCUT2D eigenvalue weighted by Crippen LogP contribution is 2.35. The quantitative estimate of drug-likeness (QED) is 0.708. The lowest BCUT2D eigenvalue weighted by Gasteiger charge is -2.15. The zero-order chi connectivity index (χ0) is 14.9. The SMILES string of the molecule is COc1cc(C(Br)c2cc(F)c(C)cc2F)ccc1C. The van der Waals surface area contributed by atoms with Gasteiger partial charge in [-0.2, -0.15) is 0 Å². The molecule has 1 unspecified atom stereocenters. The summed E-state index contributed by atoms with van der Waals surface area (Å²) in [5, 5.41) is 0. The van der Waals surface area contributed by atoms with Gasteiger partial charge in [0, 0.05) is 5.56 Å². The smallest absolute Gasteiger partial charge is 0.128 e. The molecule has 1 atom stereocenters. The first kappa shape index (κ1) is 15.0. The number of alkyl halides is 1. The highest BCUT2D eigenvalue weighted by atomic mass is 79.9. The Kier molecular flexibility index (Phi) is 4.43. The molecular weight excluding hydrogens is 326 g/mol. The molecule has 2 rings (SSSR count). The van der Waals surface area contributed by atoms with E-state index in [1.807, 2.05) is 25.1 Å². The number of hydrogen-bond donors (Lipinski definition) is 0. The van der Waals surface area contributed by atoms with Gasteiger partial charge in [-0.3, -0.25) is 0 Å². The van der Waals surface area contributed by atoms with Crippen LogP contribution < -0.4 is 4.74 Å². The fourth-order valence-corrected chi connectivity index (χ4v) is 2.67. The van der Waals surface area contributed by atoms with Crippen molar-refractivity contribution in [2.45, 2.75) is 18.7 Å². The van der Waals surface area contributed by atoms with Gasteiger partial charge >= 0.3 is 0 Å². The van der Waals surface area contributed by atoms with Gasteiger partial charge in [0.1, 0.15) is 17.4 Å². The third-order valence-corrected chi connectivity index (χ3v) is 4.30. The first-order chi connectivity index (χ1) is 9.43. The molecule has 0 N–H and O–H groups in total. The number of methoxy groups -OCH3 is 1. The fraction of sp³-hybridized carbons (Fsp3) is 0.250. The molecule has 0 saturated carbocycles. The van der Waals surface area contributed by atoms with Crippen LogP contribution in [0.5, 0.6) is 5.75 Å². The van der Waals surface area contributed by atoms with Crippen molar-refractivity contribution in [2.24, 2.45) is 0 Å². The predicted molar refractivity (Wildman–Crippen MR) is 79.6 cm³/mol. The monoisotopic (exact) mass is 340 g/mol. The molecule has 0 aliphatic rings. The van der Waals surface area contributed by atoms with Crippen molar-refractivity contribution in [3.05, 3.63) is 64.2 Å². The van der Waals surface area contributed by atoms with E-state index in [-0.39, 0.29) is 5.56 Å². The maximum absolute atomic E-state index is 14.0. The van der Waals surface area contributed by atoms with Crippen molar-refractivity contribution in [1.82, 2.24) is 0 Å². The van der Waals surface area contributed by atoms with Crippen molar-refractivity contribution >= 4 is 15.9 Å². The zero-order valence-electron chi connectivity index (χ0n) is 11.5. The summed E-state index contributed by atoms with van der Waals surface area (Å²) < 4.78 is 32.9. The largest absolute Gasteiger partial charge is 0.496 e. The van der Waals surface area contributed by atoms with Crippen LogP contribution in [0.3, 0.4) is 0 Å². The van der Waals surface area contributed by atoms with Crippen LogP contribution in [0.25, 0.3) is 0 Å². The number of halogens is 3. The number of aryl methyl sites for hydroxylation is 2. The van der Waals surface area contributed by atoms with Gasteiger partial charge in [-0.1, -0.05) is 28.1 Å². The Morgan fingerprint density at radius 3 is 2.35 bits per heavy atom. The minimum absolute atomic E-state index is 0.277. The molecule has 0 aromatic heterocycles. The average molecular weight is 341 g/mol. The van der Waals surface area contributed by atoms with Crippen LogP contribution in [0, 0.1) is 25.5 Å². The number of hydrogen-bond acceptors (Lipinski definition) is 1. The molecule has 0 amide bonds. The van der Waals surface area contributed by atoms with E-state index in [2.05, 4.69) is 15.9 Å². The van der Waals surface area contributed by atoms with E-state index in [1.165, 1.54) is 12.1 Å². The molecular formula is C16H15BrF2O. The summed E-state index contributed by atoms with van der Waals surface area (Å²) in [5.41, 5.74) is 2.38. The lowest BCUT2D eigenvalue weighted by atomic mass is 10.0. The van der Waals surface area contributed by atoms with Crippen LogP contribution in [0.1, 0.15) is 27.1 Å². The number of ether oxygens (including phenoxy) is 1. The van der Waals surface area contributed by atoms with Crippen LogP contribution in [0.4, 0.5) is 8.78 Å². The second-order valence-electron chi connectivity index (χ2n) is 4.71. The molecule has 0 aliphatic heterocycles. The molecule has 2 aromatic rings. The maximum Gasteiger partial charge on any atom is 0.128 e. The van der Waals surface area contributed by atoms with Crippen LogP contribution >= 0.6 is 15.9 Å². The fourth-order valence-electron chi connectivity index (χ4n) is 2.03. The summed E-state index contributed by atoms with van der Waals surface area (Å²) in [5.74, 6) is -0.116. The Bertz CT molecular complexity index is 641. The predicted octanol–water partition coefficient (Wildman–Crippen LogP) is 5.07. The second kappa shape index (κ2) is 5.92. The molecule has 20 heavy (non-hydrogen) atoms. The second-order valence-corrected chi connectivity index (χ2v) is 5.63. The zero-order valence-corrected chi connectivity index (χ0v) is 13.1. The molecule has 2 aromatic carbocycles. The van der Waals surface area contributed by atoms with Gasteiger partial charge in [-0.25, -0.2) is 8.78 Å². The average Bonchev–Trinajstić information content (AvgIpc) is 2.42. The van der Waals surface area contributed by atoms with Crippen LogP contribution in [-0.4, -0.2) is 7.11 Å². The minimum Gasteiger partial charge on any atom is -0.496 e. The van der Waals surface area contributed by atoms with Crippen LogP contribution in [-0.2, 0) is 0 Å². The van der Waals surface area contributed by atoms with E-state index < -0.39 is 16.5 Å². The normalized spacial score (nSPS) is 12.3. The van der Waals surface area contributed by atoms with Gasteiger partial charge in [-0.15, -0.1) is 0 Å². The van der Waals surface area contributed by atoms with Crippen LogP contribution in [0.15, 0.2) is 30.3 Å². The number of benzene rings is 2.